The smallest absolute Gasteiger partial charge is 0.0695 e. The van der Waals surface area contributed by atoms with Crippen LogP contribution in [0, 0.1) is 0 Å². The summed E-state index contributed by atoms with van der Waals surface area (Å²) >= 11 is 0. The van der Waals surface area contributed by atoms with Crippen LogP contribution in [0.25, 0.3) is 0 Å². The fourth-order valence-electron chi connectivity index (χ4n) is 4.41. The Bertz CT molecular complexity index is 432. The van der Waals surface area contributed by atoms with Crippen LogP contribution in [0.1, 0.15) is 63.4 Å². The number of aliphatic hydroxyl groups excluding tert-OH is 1. The van der Waals surface area contributed by atoms with Crippen LogP contribution in [0.2, 0.25) is 0 Å². The molecule has 3 rings (SSSR count). The predicted molar refractivity (Wildman–Crippen MR) is 87.5 cm³/mol. The fraction of sp³-hybridized carbons (Fsp3) is 0.684. The molecule has 1 aliphatic heterocycles. The highest BCUT2D eigenvalue weighted by Crippen LogP contribution is 2.37. The predicted octanol–water partition coefficient (Wildman–Crippen LogP) is 3.95. The van der Waals surface area contributed by atoms with Gasteiger partial charge in [-0.1, -0.05) is 43.7 Å². The first-order valence-corrected chi connectivity index (χ1v) is 8.78. The van der Waals surface area contributed by atoms with Crippen molar-refractivity contribution in [1.82, 2.24) is 4.90 Å². The summed E-state index contributed by atoms with van der Waals surface area (Å²) in [6.45, 7) is 3.48. The molecule has 116 valence electrons. The SMILES string of the molecule is CCC1CCCCN1C1CC(c2ccccc2)CCC1O. The minimum atomic E-state index is -0.128. The second-order valence-electron chi connectivity index (χ2n) is 6.85. The highest BCUT2D eigenvalue weighted by Gasteiger charge is 2.37. The maximum atomic E-state index is 10.6. The van der Waals surface area contributed by atoms with Crippen molar-refractivity contribution in [1.29, 1.82) is 0 Å². The molecule has 0 radical (unpaired) electrons. The summed E-state index contributed by atoms with van der Waals surface area (Å²) in [5, 5.41) is 10.6. The zero-order valence-electron chi connectivity index (χ0n) is 13.2. The third kappa shape index (κ3) is 3.32. The lowest BCUT2D eigenvalue weighted by Crippen LogP contribution is -2.53. The van der Waals surface area contributed by atoms with Gasteiger partial charge >= 0.3 is 0 Å². The first kappa shape index (κ1) is 15.1. The lowest BCUT2D eigenvalue weighted by atomic mass is 9.78. The lowest BCUT2D eigenvalue weighted by molar-refractivity contribution is -0.0207. The monoisotopic (exact) mass is 287 g/mol. The molecule has 21 heavy (non-hydrogen) atoms. The van der Waals surface area contributed by atoms with Gasteiger partial charge in [-0.3, -0.25) is 4.90 Å². The van der Waals surface area contributed by atoms with E-state index >= 15 is 0 Å². The molecule has 2 heteroatoms. The molecule has 2 fully saturated rings. The van der Waals surface area contributed by atoms with Crippen molar-refractivity contribution >= 4 is 0 Å². The maximum Gasteiger partial charge on any atom is 0.0695 e. The molecular formula is C19H29NO. The van der Waals surface area contributed by atoms with E-state index in [2.05, 4.69) is 42.2 Å². The van der Waals surface area contributed by atoms with E-state index in [4.69, 9.17) is 0 Å². The van der Waals surface area contributed by atoms with Crippen molar-refractivity contribution in [2.75, 3.05) is 6.54 Å². The van der Waals surface area contributed by atoms with E-state index < -0.39 is 0 Å². The third-order valence-electron chi connectivity index (χ3n) is 5.62. The normalized spacial score (nSPS) is 34.8. The summed E-state index contributed by atoms with van der Waals surface area (Å²) in [4.78, 5) is 2.64. The number of aliphatic hydroxyl groups is 1. The van der Waals surface area contributed by atoms with Gasteiger partial charge in [0.25, 0.3) is 0 Å². The topological polar surface area (TPSA) is 23.5 Å². The molecule has 1 saturated carbocycles. The van der Waals surface area contributed by atoms with Crippen LogP contribution >= 0.6 is 0 Å². The van der Waals surface area contributed by atoms with E-state index in [9.17, 15) is 5.11 Å². The van der Waals surface area contributed by atoms with Crippen LogP contribution in [0.4, 0.5) is 0 Å². The van der Waals surface area contributed by atoms with E-state index in [-0.39, 0.29) is 6.10 Å². The Labute approximate surface area is 129 Å². The Morgan fingerprint density at radius 2 is 1.90 bits per heavy atom. The standard InChI is InChI=1S/C19H29NO/c1-2-17-10-6-7-13-20(17)18-14-16(11-12-19(18)21)15-8-4-3-5-9-15/h3-5,8-9,16-19,21H,2,6-7,10-14H2,1H3. The van der Waals surface area contributed by atoms with Crippen LogP contribution in [-0.4, -0.2) is 34.7 Å². The Morgan fingerprint density at radius 3 is 2.67 bits per heavy atom. The van der Waals surface area contributed by atoms with Gasteiger partial charge in [-0.25, -0.2) is 0 Å². The molecule has 1 aromatic rings. The molecule has 1 aliphatic carbocycles. The Kier molecular flexibility index (Phi) is 4.97. The van der Waals surface area contributed by atoms with E-state index in [1.807, 2.05) is 0 Å². The lowest BCUT2D eigenvalue weighted by Gasteiger charge is -2.46. The summed E-state index contributed by atoms with van der Waals surface area (Å²) in [6, 6.07) is 12.0. The van der Waals surface area contributed by atoms with Gasteiger partial charge in [0.1, 0.15) is 0 Å². The minimum absolute atomic E-state index is 0.128. The molecule has 0 bridgehead atoms. The first-order chi connectivity index (χ1) is 10.3. The van der Waals surface area contributed by atoms with Gasteiger partial charge in [-0.2, -0.15) is 0 Å². The highest BCUT2D eigenvalue weighted by atomic mass is 16.3. The average molecular weight is 287 g/mol. The van der Waals surface area contributed by atoms with Crippen LogP contribution < -0.4 is 0 Å². The van der Waals surface area contributed by atoms with Crippen molar-refractivity contribution in [3.63, 3.8) is 0 Å². The van der Waals surface area contributed by atoms with Crippen molar-refractivity contribution in [3.8, 4) is 0 Å². The van der Waals surface area contributed by atoms with E-state index in [0.29, 0.717) is 18.0 Å². The van der Waals surface area contributed by atoms with Crippen molar-refractivity contribution in [2.45, 2.75) is 76.0 Å². The van der Waals surface area contributed by atoms with Crippen molar-refractivity contribution in [2.24, 2.45) is 0 Å². The molecule has 1 heterocycles. The van der Waals surface area contributed by atoms with Crippen molar-refractivity contribution < 1.29 is 5.11 Å². The highest BCUT2D eigenvalue weighted by molar-refractivity contribution is 5.20. The quantitative estimate of drug-likeness (QED) is 0.910. The van der Waals surface area contributed by atoms with Gasteiger partial charge in [-0.05, 0) is 56.6 Å². The molecule has 4 unspecified atom stereocenters. The zero-order valence-corrected chi connectivity index (χ0v) is 13.2. The number of likely N-dealkylation sites (tertiary alicyclic amines) is 1. The first-order valence-electron chi connectivity index (χ1n) is 8.78. The molecule has 1 saturated heterocycles. The van der Waals surface area contributed by atoms with Gasteiger partial charge in [0.2, 0.25) is 0 Å². The zero-order chi connectivity index (χ0) is 14.7. The Morgan fingerprint density at radius 1 is 1.10 bits per heavy atom. The molecular weight excluding hydrogens is 258 g/mol. The summed E-state index contributed by atoms with van der Waals surface area (Å²) in [7, 11) is 0. The number of piperidine rings is 1. The molecule has 0 spiro atoms. The van der Waals surface area contributed by atoms with Crippen LogP contribution in [-0.2, 0) is 0 Å². The molecule has 4 atom stereocenters. The van der Waals surface area contributed by atoms with Gasteiger partial charge in [0, 0.05) is 12.1 Å². The Balaban J connectivity index is 1.74. The number of benzene rings is 1. The molecule has 1 aromatic carbocycles. The Hall–Kier alpha value is -0.860. The number of rotatable bonds is 3. The van der Waals surface area contributed by atoms with Gasteiger partial charge in [0.05, 0.1) is 6.10 Å². The minimum Gasteiger partial charge on any atom is -0.391 e. The largest absolute Gasteiger partial charge is 0.391 e. The summed E-state index contributed by atoms with van der Waals surface area (Å²) < 4.78 is 0. The number of nitrogens with zero attached hydrogens (tertiary/aromatic N) is 1. The molecule has 2 nitrogen and oxygen atoms in total. The fourth-order valence-corrected chi connectivity index (χ4v) is 4.41. The second kappa shape index (κ2) is 6.93. The van der Waals surface area contributed by atoms with Crippen molar-refractivity contribution in [3.05, 3.63) is 35.9 Å². The van der Waals surface area contributed by atoms with Gasteiger partial charge in [-0.15, -0.1) is 0 Å². The average Bonchev–Trinajstić information content (AvgIpc) is 2.56. The summed E-state index contributed by atoms with van der Waals surface area (Å²) in [5.74, 6) is 0.624. The number of hydrogen-bond donors (Lipinski definition) is 1. The van der Waals surface area contributed by atoms with E-state index in [0.717, 1.165) is 19.3 Å². The molecule has 0 amide bonds. The second-order valence-corrected chi connectivity index (χ2v) is 6.85. The van der Waals surface area contributed by atoms with Crippen LogP contribution in [0.3, 0.4) is 0 Å². The van der Waals surface area contributed by atoms with E-state index in [1.165, 1.54) is 37.8 Å². The molecule has 0 aromatic heterocycles. The van der Waals surface area contributed by atoms with Gasteiger partial charge < -0.3 is 5.11 Å². The molecule has 1 N–H and O–H groups in total. The van der Waals surface area contributed by atoms with Gasteiger partial charge in [0.15, 0.2) is 0 Å². The summed E-state index contributed by atoms with van der Waals surface area (Å²) in [6.07, 6.45) is 8.28. The van der Waals surface area contributed by atoms with Crippen LogP contribution in [0.15, 0.2) is 30.3 Å². The summed E-state index contributed by atoms with van der Waals surface area (Å²) in [5.41, 5.74) is 1.46. The number of hydrogen-bond acceptors (Lipinski definition) is 2. The van der Waals surface area contributed by atoms with Crippen LogP contribution in [0.5, 0.6) is 0 Å². The van der Waals surface area contributed by atoms with E-state index in [1.54, 1.807) is 0 Å². The molecule has 2 aliphatic rings. The third-order valence-corrected chi connectivity index (χ3v) is 5.62. The maximum absolute atomic E-state index is 10.6.